The summed E-state index contributed by atoms with van der Waals surface area (Å²) in [6.07, 6.45) is 3.82. The van der Waals surface area contributed by atoms with Crippen LogP contribution in [0.5, 0.6) is 0 Å². The summed E-state index contributed by atoms with van der Waals surface area (Å²) in [5, 5.41) is 13.6. The maximum absolute atomic E-state index is 4.12. The number of H-pyrrole nitrogens is 1. The number of hydrogen-bond donors (Lipinski definition) is 1. The largest absolute Gasteiger partial charge is 0.300 e. The summed E-state index contributed by atoms with van der Waals surface area (Å²) >= 11 is 0. The fourth-order valence-corrected chi connectivity index (χ4v) is 2.44. The number of aromatic nitrogens is 4. The van der Waals surface area contributed by atoms with Crippen molar-refractivity contribution in [1.82, 2.24) is 20.0 Å². The molecule has 19 heavy (non-hydrogen) atoms. The number of aromatic amines is 1. The van der Waals surface area contributed by atoms with Crippen molar-refractivity contribution in [1.29, 1.82) is 0 Å². The van der Waals surface area contributed by atoms with Gasteiger partial charge in [0.25, 0.3) is 0 Å². The molecule has 1 N–H and O–H groups in total. The SMILES string of the molecule is Cc1ccc(-n2[nH]cc3ccc4nncc4c32)cc1. The van der Waals surface area contributed by atoms with Crippen LogP contribution in [0.4, 0.5) is 0 Å². The van der Waals surface area contributed by atoms with E-state index in [0.717, 1.165) is 27.5 Å². The minimum absolute atomic E-state index is 0.924. The molecule has 4 heteroatoms. The number of hydrogen-bond acceptors (Lipinski definition) is 2. The summed E-state index contributed by atoms with van der Waals surface area (Å²) in [6.45, 7) is 2.09. The van der Waals surface area contributed by atoms with Gasteiger partial charge in [-0.05, 0) is 31.2 Å². The Balaban J connectivity index is 2.09. The topological polar surface area (TPSA) is 46.5 Å². The molecule has 2 heterocycles. The maximum atomic E-state index is 4.12. The molecule has 0 fully saturated rings. The van der Waals surface area contributed by atoms with E-state index in [1.165, 1.54) is 5.56 Å². The Morgan fingerprint density at radius 1 is 1.05 bits per heavy atom. The average Bonchev–Trinajstić information content (AvgIpc) is 3.04. The lowest BCUT2D eigenvalue weighted by Gasteiger charge is -2.06. The summed E-state index contributed by atoms with van der Waals surface area (Å²) in [6, 6.07) is 12.5. The van der Waals surface area contributed by atoms with Crippen molar-refractivity contribution in [2.45, 2.75) is 6.92 Å². The normalized spacial score (nSPS) is 11.4. The molecule has 0 unspecified atom stereocenters. The Kier molecular flexibility index (Phi) is 2.00. The van der Waals surface area contributed by atoms with Crippen molar-refractivity contribution in [2.75, 3.05) is 0 Å². The van der Waals surface area contributed by atoms with E-state index >= 15 is 0 Å². The summed E-state index contributed by atoms with van der Waals surface area (Å²) in [7, 11) is 0. The monoisotopic (exact) mass is 248 g/mol. The van der Waals surface area contributed by atoms with Gasteiger partial charge in [0, 0.05) is 17.0 Å². The lowest BCUT2D eigenvalue weighted by Crippen LogP contribution is -1.95. The van der Waals surface area contributed by atoms with Gasteiger partial charge in [0.05, 0.1) is 22.9 Å². The van der Waals surface area contributed by atoms with E-state index in [1.807, 2.05) is 18.5 Å². The van der Waals surface area contributed by atoms with E-state index in [9.17, 15) is 0 Å². The molecule has 4 aromatic rings. The van der Waals surface area contributed by atoms with Gasteiger partial charge in [-0.1, -0.05) is 17.7 Å². The molecule has 0 aliphatic rings. The van der Waals surface area contributed by atoms with E-state index < -0.39 is 0 Å². The van der Waals surface area contributed by atoms with Crippen LogP contribution in [0.3, 0.4) is 0 Å². The molecule has 2 aromatic heterocycles. The number of benzene rings is 2. The summed E-state index contributed by atoms with van der Waals surface area (Å²) in [5.41, 5.74) is 4.40. The first-order valence-electron chi connectivity index (χ1n) is 6.20. The van der Waals surface area contributed by atoms with Crippen LogP contribution in [-0.4, -0.2) is 20.0 Å². The second-order valence-electron chi connectivity index (χ2n) is 4.73. The standard InChI is InChI=1S/C15H12N4/c1-10-2-5-12(6-3-10)19-15-11(8-17-19)4-7-14-13(15)9-16-18-14/h2-9,17H,1H3. The Labute approximate surface area is 109 Å². The third-order valence-electron chi connectivity index (χ3n) is 3.44. The van der Waals surface area contributed by atoms with E-state index in [4.69, 9.17) is 0 Å². The van der Waals surface area contributed by atoms with Gasteiger partial charge >= 0.3 is 0 Å². The zero-order valence-corrected chi connectivity index (χ0v) is 10.5. The van der Waals surface area contributed by atoms with Gasteiger partial charge < -0.3 is 5.10 Å². The lowest BCUT2D eigenvalue weighted by atomic mass is 10.2. The first-order valence-corrected chi connectivity index (χ1v) is 6.20. The minimum Gasteiger partial charge on any atom is -0.300 e. The molecule has 4 nitrogen and oxygen atoms in total. The number of nitrogens with one attached hydrogen (secondary N) is 1. The molecule has 0 atom stereocenters. The molecular weight excluding hydrogens is 236 g/mol. The van der Waals surface area contributed by atoms with Crippen molar-refractivity contribution >= 4 is 21.8 Å². The summed E-state index contributed by atoms with van der Waals surface area (Å²) in [5.74, 6) is 0. The van der Waals surface area contributed by atoms with Gasteiger partial charge in [0.15, 0.2) is 0 Å². The molecule has 0 aliphatic carbocycles. The van der Waals surface area contributed by atoms with Crippen molar-refractivity contribution in [3.8, 4) is 5.69 Å². The van der Waals surface area contributed by atoms with Gasteiger partial charge in [-0.3, -0.25) is 4.68 Å². The fraction of sp³-hybridized carbons (Fsp3) is 0.0667. The molecule has 0 radical (unpaired) electrons. The highest BCUT2D eigenvalue weighted by molar-refractivity contribution is 6.04. The van der Waals surface area contributed by atoms with Crippen LogP contribution in [-0.2, 0) is 0 Å². The first kappa shape index (κ1) is 10.3. The molecule has 2 aromatic carbocycles. The Bertz CT molecular complexity index is 868. The van der Waals surface area contributed by atoms with Gasteiger partial charge in [-0.2, -0.15) is 10.2 Å². The predicted octanol–water partition coefficient (Wildman–Crippen LogP) is 3.21. The van der Waals surface area contributed by atoms with E-state index in [-0.39, 0.29) is 0 Å². The Hall–Kier alpha value is -2.62. The highest BCUT2D eigenvalue weighted by atomic mass is 15.3. The molecule has 0 aliphatic heterocycles. The van der Waals surface area contributed by atoms with Crippen molar-refractivity contribution < 1.29 is 0 Å². The third-order valence-corrected chi connectivity index (χ3v) is 3.44. The molecule has 0 saturated heterocycles. The Morgan fingerprint density at radius 3 is 2.74 bits per heavy atom. The highest BCUT2D eigenvalue weighted by Gasteiger charge is 2.09. The lowest BCUT2D eigenvalue weighted by molar-refractivity contribution is 0.913. The first-order chi connectivity index (χ1) is 9.33. The quantitative estimate of drug-likeness (QED) is 0.562. The van der Waals surface area contributed by atoms with Crippen LogP contribution in [0.1, 0.15) is 5.56 Å². The van der Waals surface area contributed by atoms with Crippen LogP contribution in [0.2, 0.25) is 0 Å². The number of fused-ring (bicyclic) bond motifs is 3. The van der Waals surface area contributed by atoms with Crippen LogP contribution in [0.25, 0.3) is 27.5 Å². The van der Waals surface area contributed by atoms with Gasteiger partial charge in [0.2, 0.25) is 0 Å². The second-order valence-corrected chi connectivity index (χ2v) is 4.73. The van der Waals surface area contributed by atoms with Gasteiger partial charge in [-0.25, -0.2) is 0 Å². The van der Waals surface area contributed by atoms with Gasteiger partial charge in [-0.15, -0.1) is 0 Å². The Morgan fingerprint density at radius 2 is 1.89 bits per heavy atom. The summed E-state index contributed by atoms with van der Waals surface area (Å²) in [4.78, 5) is 0. The van der Waals surface area contributed by atoms with Crippen LogP contribution in [0, 0.1) is 6.92 Å². The van der Waals surface area contributed by atoms with Crippen molar-refractivity contribution in [3.05, 3.63) is 54.4 Å². The molecule has 0 spiro atoms. The van der Waals surface area contributed by atoms with Crippen LogP contribution >= 0.6 is 0 Å². The number of nitrogens with zero attached hydrogens (tertiary/aromatic N) is 3. The van der Waals surface area contributed by atoms with E-state index in [2.05, 4.69) is 57.2 Å². The molecule has 4 rings (SSSR count). The van der Waals surface area contributed by atoms with E-state index in [0.29, 0.717) is 0 Å². The predicted molar refractivity (Wildman–Crippen MR) is 75.5 cm³/mol. The zero-order chi connectivity index (χ0) is 12.8. The van der Waals surface area contributed by atoms with Crippen molar-refractivity contribution in [3.63, 3.8) is 0 Å². The zero-order valence-electron chi connectivity index (χ0n) is 10.5. The third kappa shape index (κ3) is 1.46. The molecule has 0 bridgehead atoms. The average molecular weight is 248 g/mol. The van der Waals surface area contributed by atoms with Crippen LogP contribution in [0.15, 0.2) is 48.8 Å². The van der Waals surface area contributed by atoms with Crippen molar-refractivity contribution in [2.24, 2.45) is 0 Å². The second kappa shape index (κ2) is 3.68. The number of aryl methyl sites for hydroxylation is 1. The minimum atomic E-state index is 0.924. The molecular formula is C15H12N4. The number of rotatable bonds is 1. The highest BCUT2D eigenvalue weighted by Crippen LogP contribution is 2.26. The smallest absolute Gasteiger partial charge is 0.0967 e. The maximum Gasteiger partial charge on any atom is 0.0967 e. The molecule has 92 valence electrons. The molecule has 0 amide bonds. The summed E-state index contributed by atoms with van der Waals surface area (Å²) < 4.78 is 2.07. The van der Waals surface area contributed by atoms with Crippen LogP contribution < -0.4 is 0 Å². The fourth-order valence-electron chi connectivity index (χ4n) is 2.44. The van der Waals surface area contributed by atoms with E-state index in [1.54, 1.807) is 0 Å². The molecule has 0 saturated carbocycles. The van der Waals surface area contributed by atoms with Gasteiger partial charge in [0.1, 0.15) is 0 Å².